The Labute approximate surface area is 192 Å². The first kappa shape index (κ1) is 22.5. The van der Waals surface area contributed by atoms with Gasteiger partial charge in [0.25, 0.3) is 5.91 Å². The van der Waals surface area contributed by atoms with E-state index in [1.54, 1.807) is 26.0 Å². The number of nitrogen functional groups attached to an aromatic ring is 1. The summed E-state index contributed by atoms with van der Waals surface area (Å²) in [5, 5.41) is 0. The first-order chi connectivity index (χ1) is 16.0. The van der Waals surface area contributed by atoms with Gasteiger partial charge in [-0.3, -0.25) is 9.78 Å². The van der Waals surface area contributed by atoms with Gasteiger partial charge >= 0.3 is 0 Å². The lowest BCUT2D eigenvalue weighted by atomic mass is 10.0. The highest BCUT2D eigenvalue weighted by Gasteiger charge is 2.28. The zero-order valence-electron chi connectivity index (χ0n) is 18.9. The number of hydrogen-bond donors (Lipinski definition) is 1. The fraction of sp³-hybridized carbons (Fsp3) is 0.333. The van der Waals surface area contributed by atoms with E-state index in [9.17, 15) is 4.79 Å². The van der Waals surface area contributed by atoms with Crippen LogP contribution in [0, 0.1) is 6.92 Å². The number of carbonyl (C=O) groups excluding carboxylic acids is 1. The standard InChI is InChI=1S/C24H27N5O4/c1-15-19(13-27-24(25)28-15)23(30)29-8-9-33-22(14-29)20-6-4-16(12-26-20)10-17-11-18(31-2)5-7-21(17)32-3/h4-7,11-13,22H,8-10,14H2,1-3H3,(H2,25,27,28)/t22-/m1/s1. The van der Waals surface area contributed by atoms with Crippen molar-refractivity contribution in [3.63, 3.8) is 0 Å². The summed E-state index contributed by atoms with van der Waals surface area (Å²) in [6.07, 6.45) is 3.65. The molecule has 0 aliphatic carbocycles. The van der Waals surface area contributed by atoms with Crippen LogP contribution in [0.5, 0.6) is 11.5 Å². The summed E-state index contributed by atoms with van der Waals surface area (Å²) >= 11 is 0. The molecule has 33 heavy (non-hydrogen) atoms. The van der Waals surface area contributed by atoms with Crippen LogP contribution in [0.4, 0.5) is 5.95 Å². The number of nitrogens with two attached hydrogens (primary N) is 1. The molecule has 1 saturated heterocycles. The smallest absolute Gasteiger partial charge is 0.257 e. The zero-order valence-corrected chi connectivity index (χ0v) is 18.9. The highest BCUT2D eigenvalue weighted by Crippen LogP contribution is 2.27. The monoisotopic (exact) mass is 449 g/mol. The zero-order chi connectivity index (χ0) is 23.4. The van der Waals surface area contributed by atoms with Crippen LogP contribution in [0.15, 0.2) is 42.7 Å². The molecule has 3 heterocycles. The number of morpholine rings is 1. The summed E-state index contributed by atoms with van der Waals surface area (Å²) in [7, 11) is 3.29. The van der Waals surface area contributed by atoms with Gasteiger partial charge in [0.15, 0.2) is 0 Å². The van der Waals surface area contributed by atoms with Crippen LogP contribution in [0.1, 0.15) is 39.0 Å². The maximum atomic E-state index is 13.0. The number of aryl methyl sites for hydroxylation is 1. The lowest BCUT2D eigenvalue weighted by Gasteiger charge is -2.33. The molecule has 4 rings (SSSR count). The Kier molecular flexibility index (Phi) is 6.69. The van der Waals surface area contributed by atoms with Gasteiger partial charge in [-0.05, 0) is 36.8 Å². The molecule has 0 unspecified atom stereocenters. The van der Waals surface area contributed by atoms with Crippen molar-refractivity contribution in [2.24, 2.45) is 0 Å². The normalized spacial score (nSPS) is 15.8. The number of amides is 1. The molecule has 0 bridgehead atoms. The van der Waals surface area contributed by atoms with E-state index < -0.39 is 0 Å². The number of pyridine rings is 1. The molecule has 172 valence electrons. The molecule has 0 spiro atoms. The Morgan fingerprint density at radius 1 is 1.18 bits per heavy atom. The van der Waals surface area contributed by atoms with Crippen LogP contribution in [0.2, 0.25) is 0 Å². The summed E-state index contributed by atoms with van der Waals surface area (Å²) in [4.78, 5) is 27.4. The van der Waals surface area contributed by atoms with E-state index in [2.05, 4.69) is 15.0 Å². The van der Waals surface area contributed by atoms with Crippen molar-refractivity contribution in [1.29, 1.82) is 0 Å². The molecule has 0 radical (unpaired) electrons. The molecule has 3 aromatic rings. The van der Waals surface area contributed by atoms with Gasteiger partial charge in [0.2, 0.25) is 5.95 Å². The molecule has 2 aromatic heterocycles. The second kappa shape index (κ2) is 9.83. The Bertz CT molecular complexity index is 1140. The third-order valence-corrected chi connectivity index (χ3v) is 5.64. The van der Waals surface area contributed by atoms with Gasteiger partial charge in [0.05, 0.1) is 44.3 Å². The number of aromatic nitrogens is 3. The quantitative estimate of drug-likeness (QED) is 0.611. The molecule has 1 atom stereocenters. The molecule has 0 saturated carbocycles. The lowest BCUT2D eigenvalue weighted by molar-refractivity contribution is -0.0247. The minimum Gasteiger partial charge on any atom is -0.497 e. The SMILES string of the molecule is COc1ccc(OC)c(Cc2ccc([C@H]3CN(C(=O)c4cnc(N)nc4C)CCO3)nc2)c1. The van der Waals surface area contributed by atoms with Crippen molar-refractivity contribution in [3.8, 4) is 11.5 Å². The van der Waals surface area contributed by atoms with Gasteiger partial charge in [-0.15, -0.1) is 0 Å². The third-order valence-electron chi connectivity index (χ3n) is 5.64. The van der Waals surface area contributed by atoms with Gasteiger partial charge in [-0.2, -0.15) is 0 Å². The molecule has 2 N–H and O–H groups in total. The second-order valence-corrected chi connectivity index (χ2v) is 7.78. The summed E-state index contributed by atoms with van der Waals surface area (Å²) in [5.41, 5.74) is 9.43. The topological polar surface area (TPSA) is 113 Å². The summed E-state index contributed by atoms with van der Waals surface area (Å²) < 4.78 is 16.7. The Morgan fingerprint density at radius 2 is 2.03 bits per heavy atom. The Morgan fingerprint density at radius 3 is 2.73 bits per heavy atom. The number of nitrogens with zero attached hydrogens (tertiary/aromatic N) is 4. The molecule has 1 aromatic carbocycles. The van der Waals surface area contributed by atoms with Crippen molar-refractivity contribution in [3.05, 3.63) is 70.8 Å². The third kappa shape index (κ3) is 5.04. The maximum absolute atomic E-state index is 13.0. The van der Waals surface area contributed by atoms with Crippen molar-refractivity contribution < 1.29 is 19.0 Å². The average molecular weight is 450 g/mol. The van der Waals surface area contributed by atoms with Crippen LogP contribution in [0.3, 0.4) is 0 Å². The number of ether oxygens (including phenoxy) is 3. The van der Waals surface area contributed by atoms with Crippen LogP contribution in [-0.4, -0.2) is 59.7 Å². The van der Waals surface area contributed by atoms with Crippen molar-refractivity contribution >= 4 is 11.9 Å². The average Bonchev–Trinajstić information content (AvgIpc) is 2.84. The molecule has 9 nitrogen and oxygen atoms in total. The molecule has 9 heteroatoms. The molecule has 1 fully saturated rings. The van der Waals surface area contributed by atoms with Crippen LogP contribution in [-0.2, 0) is 11.2 Å². The van der Waals surface area contributed by atoms with Gasteiger partial charge in [-0.1, -0.05) is 6.07 Å². The first-order valence-corrected chi connectivity index (χ1v) is 10.6. The van der Waals surface area contributed by atoms with Crippen molar-refractivity contribution in [2.75, 3.05) is 39.6 Å². The fourth-order valence-corrected chi connectivity index (χ4v) is 3.85. The molecular weight excluding hydrogens is 422 g/mol. The molecule has 1 aliphatic rings. The number of carbonyl (C=O) groups is 1. The number of benzene rings is 1. The van der Waals surface area contributed by atoms with E-state index >= 15 is 0 Å². The number of rotatable bonds is 6. The highest BCUT2D eigenvalue weighted by atomic mass is 16.5. The van der Waals surface area contributed by atoms with E-state index in [1.807, 2.05) is 36.5 Å². The fourth-order valence-electron chi connectivity index (χ4n) is 3.85. The lowest BCUT2D eigenvalue weighted by Crippen LogP contribution is -2.42. The van der Waals surface area contributed by atoms with E-state index in [-0.39, 0.29) is 18.0 Å². The van der Waals surface area contributed by atoms with Crippen molar-refractivity contribution in [2.45, 2.75) is 19.4 Å². The Hall–Kier alpha value is -3.72. The second-order valence-electron chi connectivity index (χ2n) is 7.78. The summed E-state index contributed by atoms with van der Waals surface area (Å²) in [5.74, 6) is 1.59. The number of anilines is 1. The predicted molar refractivity (Wildman–Crippen MR) is 122 cm³/mol. The van der Waals surface area contributed by atoms with E-state index in [1.165, 1.54) is 6.20 Å². The highest BCUT2D eigenvalue weighted by molar-refractivity contribution is 5.95. The molecular formula is C24H27N5O4. The van der Waals surface area contributed by atoms with E-state index in [4.69, 9.17) is 19.9 Å². The van der Waals surface area contributed by atoms with Crippen LogP contribution >= 0.6 is 0 Å². The largest absolute Gasteiger partial charge is 0.497 e. The molecule has 1 aliphatic heterocycles. The predicted octanol–water partition coefficient (Wildman–Crippen LogP) is 2.58. The summed E-state index contributed by atoms with van der Waals surface area (Å²) in [6.45, 7) is 3.07. The van der Waals surface area contributed by atoms with Crippen molar-refractivity contribution in [1.82, 2.24) is 19.9 Å². The number of hydrogen-bond acceptors (Lipinski definition) is 8. The van der Waals surface area contributed by atoms with Gasteiger partial charge < -0.3 is 24.8 Å². The first-order valence-electron chi connectivity index (χ1n) is 10.6. The van der Waals surface area contributed by atoms with E-state index in [0.29, 0.717) is 37.4 Å². The van der Waals surface area contributed by atoms with E-state index in [0.717, 1.165) is 28.3 Å². The van der Waals surface area contributed by atoms with Crippen LogP contribution < -0.4 is 15.2 Å². The minimum absolute atomic E-state index is 0.137. The maximum Gasteiger partial charge on any atom is 0.257 e. The minimum atomic E-state index is -0.307. The number of methoxy groups -OCH3 is 2. The summed E-state index contributed by atoms with van der Waals surface area (Å²) in [6, 6.07) is 9.69. The Balaban J connectivity index is 1.46. The van der Waals surface area contributed by atoms with Gasteiger partial charge in [-0.25, -0.2) is 9.97 Å². The van der Waals surface area contributed by atoms with Gasteiger partial charge in [0.1, 0.15) is 17.6 Å². The van der Waals surface area contributed by atoms with Gasteiger partial charge in [0, 0.05) is 30.9 Å². The van der Waals surface area contributed by atoms with Crippen LogP contribution in [0.25, 0.3) is 0 Å². The molecule has 1 amide bonds.